The zero-order chi connectivity index (χ0) is 14.0. The second-order valence-corrected chi connectivity index (χ2v) is 4.67. The summed E-state index contributed by atoms with van der Waals surface area (Å²) in [6.45, 7) is 5.81. The molecule has 0 fully saturated rings. The number of anilines is 1. The topological polar surface area (TPSA) is 59.8 Å². The van der Waals surface area contributed by atoms with Crippen molar-refractivity contribution in [3.8, 4) is 0 Å². The molecule has 5 heteroatoms. The van der Waals surface area contributed by atoms with Gasteiger partial charge in [-0.2, -0.15) is 5.10 Å². The minimum atomic E-state index is -0.0685. The second kappa shape index (κ2) is 5.22. The lowest BCUT2D eigenvalue weighted by Gasteiger charge is -2.07. The predicted octanol–water partition coefficient (Wildman–Crippen LogP) is 1.92. The van der Waals surface area contributed by atoms with E-state index in [2.05, 4.69) is 15.4 Å². The van der Waals surface area contributed by atoms with Crippen LogP contribution >= 0.6 is 0 Å². The first kappa shape index (κ1) is 13.3. The fourth-order valence-electron chi connectivity index (χ4n) is 2.03. The summed E-state index contributed by atoms with van der Waals surface area (Å²) in [6.07, 6.45) is 1.99. The summed E-state index contributed by atoms with van der Waals surface area (Å²) in [7, 11) is 1.88. The van der Waals surface area contributed by atoms with Gasteiger partial charge >= 0.3 is 0 Å². The molecule has 1 N–H and O–H groups in total. The fraction of sp³-hybridized carbons (Fsp3) is 0.357. The number of nitrogens with zero attached hydrogens (tertiary/aromatic N) is 3. The number of pyridine rings is 1. The molecule has 5 nitrogen and oxygen atoms in total. The van der Waals surface area contributed by atoms with Gasteiger partial charge in [0, 0.05) is 24.5 Å². The maximum absolute atomic E-state index is 12.1. The third kappa shape index (κ3) is 2.81. The van der Waals surface area contributed by atoms with E-state index < -0.39 is 0 Å². The molecule has 0 spiro atoms. The molecule has 0 saturated carbocycles. The standard InChI is InChI=1S/C14H18N4O/c1-9-6-5-7-15-14(9)16-13(19)8-12-10(2)17-18(4)11(12)3/h5-7H,8H2,1-4H3,(H,15,16,19). The molecule has 0 aliphatic carbocycles. The summed E-state index contributed by atoms with van der Waals surface area (Å²) < 4.78 is 1.80. The number of aryl methyl sites for hydroxylation is 3. The van der Waals surface area contributed by atoms with Crippen molar-refractivity contribution in [2.75, 3.05) is 5.32 Å². The van der Waals surface area contributed by atoms with Crippen LogP contribution in [0.25, 0.3) is 0 Å². The monoisotopic (exact) mass is 258 g/mol. The summed E-state index contributed by atoms with van der Waals surface area (Å²) in [5, 5.41) is 7.14. The quantitative estimate of drug-likeness (QED) is 0.915. The Morgan fingerprint density at radius 2 is 2.11 bits per heavy atom. The van der Waals surface area contributed by atoms with Gasteiger partial charge in [-0.15, -0.1) is 0 Å². The van der Waals surface area contributed by atoms with E-state index in [1.165, 1.54) is 0 Å². The molecule has 0 aliphatic heterocycles. The normalized spacial score (nSPS) is 10.5. The SMILES string of the molecule is Cc1cccnc1NC(=O)Cc1c(C)nn(C)c1C. The Labute approximate surface area is 112 Å². The van der Waals surface area contributed by atoms with Crippen molar-refractivity contribution in [1.29, 1.82) is 0 Å². The van der Waals surface area contributed by atoms with E-state index >= 15 is 0 Å². The zero-order valence-electron chi connectivity index (χ0n) is 11.7. The van der Waals surface area contributed by atoms with Crippen molar-refractivity contribution in [1.82, 2.24) is 14.8 Å². The zero-order valence-corrected chi connectivity index (χ0v) is 11.7. The summed E-state index contributed by atoms with van der Waals surface area (Å²) in [4.78, 5) is 16.2. The molecule has 0 radical (unpaired) electrons. The largest absolute Gasteiger partial charge is 0.310 e. The molecule has 19 heavy (non-hydrogen) atoms. The Hall–Kier alpha value is -2.17. The number of carbonyl (C=O) groups excluding carboxylic acids is 1. The first-order chi connectivity index (χ1) is 8.99. The predicted molar refractivity (Wildman–Crippen MR) is 74.0 cm³/mol. The molecule has 2 aromatic rings. The molecular weight excluding hydrogens is 240 g/mol. The Morgan fingerprint density at radius 1 is 1.37 bits per heavy atom. The molecule has 2 heterocycles. The van der Waals surface area contributed by atoms with Crippen LogP contribution in [-0.2, 0) is 18.3 Å². The molecule has 0 saturated heterocycles. The van der Waals surface area contributed by atoms with E-state index in [-0.39, 0.29) is 5.91 Å². The van der Waals surface area contributed by atoms with Gasteiger partial charge in [0.05, 0.1) is 12.1 Å². The van der Waals surface area contributed by atoms with Crippen molar-refractivity contribution < 1.29 is 4.79 Å². The van der Waals surface area contributed by atoms with Crippen molar-refractivity contribution >= 4 is 11.7 Å². The van der Waals surface area contributed by atoms with Crippen LogP contribution in [-0.4, -0.2) is 20.7 Å². The van der Waals surface area contributed by atoms with Gasteiger partial charge in [-0.1, -0.05) is 6.07 Å². The molecule has 1 amide bonds. The third-order valence-electron chi connectivity index (χ3n) is 3.26. The number of aromatic nitrogens is 3. The summed E-state index contributed by atoms with van der Waals surface area (Å²) >= 11 is 0. The number of rotatable bonds is 3. The maximum Gasteiger partial charge on any atom is 0.230 e. The maximum atomic E-state index is 12.1. The third-order valence-corrected chi connectivity index (χ3v) is 3.26. The van der Waals surface area contributed by atoms with E-state index in [9.17, 15) is 4.79 Å². The highest BCUT2D eigenvalue weighted by atomic mass is 16.1. The van der Waals surface area contributed by atoms with Crippen LogP contribution in [0.3, 0.4) is 0 Å². The molecule has 0 aromatic carbocycles. The molecule has 0 atom stereocenters. The highest BCUT2D eigenvalue weighted by Gasteiger charge is 2.14. The number of hydrogen-bond acceptors (Lipinski definition) is 3. The Kier molecular flexibility index (Phi) is 3.64. The van der Waals surface area contributed by atoms with Gasteiger partial charge in [0.25, 0.3) is 0 Å². The van der Waals surface area contributed by atoms with Gasteiger partial charge in [0.2, 0.25) is 5.91 Å². The Bertz CT molecular complexity index is 616. The van der Waals surface area contributed by atoms with Gasteiger partial charge < -0.3 is 5.32 Å². The number of nitrogens with one attached hydrogen (secondary N) is 1. The number of amides is 1. The number of hydrogen-bond donors (Lipinski definition) is 1. The van der Waals surface area contributed by atoms with Gasteiger partial charge in [-0.25, -0.2) is 4.98 Å². The van der Waals surface area contributed by atoms with Crippen molar-refractivity contribution in [2.24, 2.45) is 7.05 Å². The van der Waals surface area contributed by atoms with Crippen LogP contribution < -0.4 is 5.32 Å². The van der Waals surface area contributed by atoms with Crippen LogP contribution in [0.5, 0.6) is 0 Å². The van der Waals surface area contributed by atoms with Gasteiger partial charge in [0.15, 0.2) is 0 Å². The molecule has 0 aliphatic rings. The van der Waals surface area contributed by atoms with Gasteiger partial charge in [-0.3, -0.25) is 9.48 Å². The van der Waals surface area contributed by atoms with Gasteiger partial charge in [0.1, 0.15) is 5.82 Å². The smallest absolute Gasteiger partial charge is 0.230 e. The van der Waals surface area contributed by atoms with Crippen LogP contribution in [0.2, 0.25) is 0 Å². The van der Waals surface area contributed by atoms with Gasteiger partial charge in [-0.05, 0) is 32.4 Å². The molecular formula is C14H18N4O. The Morgan fingerprint density at radius 3 is 2.68 bits per heavy atom. The van der Waals surface area contributed by atoms with Crippen molar-refractivity contribution in [3.05, 3.63) is 40.8 Å². The average molecular weight is 258 g/mol. The molecule has 0 bridgehead atoms. The van der Waals surface area contributed by atoms with Crippen molar-refractivity contribution in [3.63, 3.8) is 0 Å². The van der Waals surface area contributed by atoms with E-state index in [1.807, 2.05) is 40.0 Å². The van der Waals surface area contributed by atoms with E-state index in [0.29, 0.717) is 12.2 Å². The van der Waals surface area contributed by atoms with E-state index in [4.69, 9.17) is 0 Å². The highest BCUT2D eigenvalue weighted by molar-refractivity contribution is 5.92. The second-order valence-electron chi connectivity index (χ2n) is 4.67. The molecule has 2 aromatic heterocycles. The fourth-order valence-corrected chi connectivity index (χ4v) is 2.03. The van der Waals surface area contributed by atoms with Crippen LogP contribution in [0.15, 0.2) is 18.3 Å². The molecule has 2 rings (SSSR count). The highest BCUT2D eigenvalue weighted by Crippen LogP contribution is 2.14. The van der Waals surface area contributed by atoms with E-state index in [0.717, 1.165) is 22.5 Å². The lowest BCUT2D eigenvalue weighted by molar-refractivity contribution is -0.115. The minimum absolute atomic E-state index is 0.0685. The first-order valence-corrected chi connectivity index (χ1v) is 6.19. The summed E-state index contributed by atoms with van der Waals surface area (Å²) in [6, 6.07) is 3.77. The summed E-state index contributed by atoms with van der Waals surface area (Å²) in [5.41, 5.74) is 3.85. The number of carbonyl (C=O) groups is 1. The first-order valence-electron chi connectivity index (χ1n) is 6.19. The van der Waals surface area contributed by atoms with Crippen LogP contribution in [0.1, 0.15) is 22.5 Å². The average Bonchev–Trinajstić information content (AvgIpc) is 2.59. The molecule has 0 unspecified atom stereocenters. The lowest BCUT2D eigenvalue weighted by Crippen LogP contribution is -2.17. The van der Waals surface area contributed by atoms with Crippen molar-refractivity contribution in [2.45, 2.75) is 27.2 Å². The van der Waals surface area contributed by atoms with Crippen LogP contribution in [0, 0.1) is 20.8 Å². The summed E-state index contributed by atoms with van der Waals surface area (Å²) in [5.74, 6) is 0.549. The molecule has 100 valence electrons. The lowest BCUT2D eigenvalue weighted by atomic mass is 10.1. The minimum Gasteiger partial charge on any atom is -0.310 e. The van der Waals surface area contributed by atoms with Crippen LogP contribution in [0.4, 0.5) is 5.82 Å². The van der Waals surface area contributed by atoms with E-state index in [1.54, 1.807) is 10.9 Å². The Balaban J connectivity index is 2.12.